The van der Waals surface area contributed by atoms with E-state index in [9.17, 15) is 4.79 Å². The van der Waals surface area contributed by atoms with Crippen molar-refractivity contribution in [1.82, 2.24) is 4.90 Å². The third-order valence-electron chi connectivity index (χ3n) is 3.33. The molecule has 5 heteroatoms. The largest absolute Gasteiger partial charge is 0.458 e. The van der Waals surface area contributed by atoms with E-state index in [1.54, 1.807) is 18.2 Å². The maximum Gasteiger partial charge on any atom is 0.338 e. The van der Waals surface area contributed by atoms with Gasteiger partial charge >= 0.3 is 5.97 Å². The number of carbonyl (C=O) groups is 1. The van der Waals surface area contributed by atoms with E-state index >= 15 is 0 Å². The Morgan fingerprint density at radius 3 is 2.70 bits per heavy atom. The predicted molar refractivity (Wildman–Crippen MR) is 75.2 cm³/mol. The van der Waals surface area contributed by atoms with Crippen molar-refractivity contribution in [2.24, 2.45) is 0 Å². The lowest BCUT2D eigenvalue weighted by Crippen LogP contribution is -2.33. The molecule has 1 aliphatic rings. The van der Waals surface area contributed by atoms with Crippen molar-refractivity contribution in [2.75, 3.05) is 26.4 Å². The molecule has 1 aliphatic heterocycles. The minimum absolute atomic E-state index is 0.146. The van der Waals surface area contributed by atoms with E-state index in [4.69, 9.17) is 14.2 Å². The molecule has 0 aliphatic carbocycles. The Hall–Kier alpha value is -1.75. The average molecular weight is 279 g/mol. The van der Waals surface area contributed by atoms with Gasteiger partial charge in [0.25, 0.3) is 0 Å². The predicted octanol–water partition coefficient (Wildman–Crippen LogP) is 2.30. The van der Waals surface area contributed by atoms with Crippen LogP contribution in [0.4, 0.5) is 0 Å². The summed E-state index contributed by atoms with van der Waals surface area (Å²) in [7, 11) is 0. The van der Waals surface area contributed by atoms with Crippen LogP contribution in [-0.2, 0) is 4.74 Å². The molecular weight excluding hydrogens is 258 g/mol. The molecule has 0 aromatic heterocycles. The van der Waals surface area contributed by atoms with E-state index in [-0.39, 0.29) is 18.9 Å². The van der Waals surface area contributed by atoms with Gasteiger partial charge < -0.3 is 19.1 Å². The number of nitrogens with zero attached hydrogens (tertiary/aromatic N) is 1. The fourth-order valence-electron chi connectivity index (χ4n) is 2.16. The first-order chi connectivity index (χ1) is 9.63. The fourth-order valence-corrected chi connectivity index (χ4v) is 2.16. The highest BCUT2D eigenvalue weighted by atomic mass is 16.7. The van der Waals surface area contributed by atoms with Crippen molar-refractivity contribution in [3.8, 4) is 11.5 Å². The number of hydrogen-bond acceptors (Lipinski definition) is 5. The normalized spacial score (nSPS) is 14.4. The minimum Gasteiger partial charge on any atom is -0.458 e. The summed E-state index contributed by atoms with van der Waals surface area (Å²) in [4.78, 5) is 14.3. The van der Waals surface area contributed by atoms with Gasteiger partial charge in [-0.05, 0) is 38.2 Å². The molecule has 5 nitrogen and oxygen atoms in total. The van der Waals surface area contributed by atoms with Gasteiger partial charge in [-0.3, -0.25) is 0 Å². The van der Waals surface area contributed by atoms with Crippen LogP contribution in [0.2, 0.25) is 0 Å². The van der Waals surface area contributed by atoms with Gasteiger partial charge in [0.1, 0.15) is 6.10 Å². The van der Waals surface area contributed by atoms with Gasteiger partial charge in [-0.15, -0.1) is 0 Å². The van der Waals surface area contributed by atoms with E-state index in [0.717, 1.165) is 19.6 Å². The zero-order valence-electron chi connectivity index (χ0n) is 12.2. The molecule has 0 spiro atoms. The summed E-state index contributed by atoms with van der Waals surface area (Å²) >= 11 is 0. The lowest BCUT2D eigenvalue weighted by atomic mass is 10.2. The van der Waals surface area contributed by atoms with E-state index in [0.29, 0.717) is 17.1 Å². The molecule has 0 N–H and O–H groups in total. The molecule has 2 rings (SSSR count). The second-order valence-electron chi connectivity index (χ2n) is 4.77. The Balaban J connectivity index is 1.94. The van der Waals surface area contributed by atoms with Crippen molar-refractivity contribution in [1.29, 1.82) is 0 Å². The minimum atomic E-state index is -0.331. The van der Waals surface area contributed by atoms with Gasteiger partial charge in [-0.25, -0.2) is 4.79 Å². The fraction of sp³-hybridized carbons (Fsp3) is 0.533. The van der Waals surface area contributed by atoms with Crippen LogP contribution in [0.3, 0.4) is 0 Å². The number of fused-ring (bicyclic) bond motifs is 1. The van der Waals surface area contributed by atoms with Crippen LogP contribution in [0.5, 0.6) is 11.5 Å². The highest BCUT2D eigenvalue weighted by molar-refractivity contribution is 5.90. The number of ether oxygens (including phenoxy) is 3. The van der Waals surface area contributed by atoms with E-state index in [1.807, 2.05) is 6.92 Å². The van der Waals surface area contributed by atoms with Crippen LogP contribution in [0.25, 0.3) is 0 Å². The molecule has 1 aromatic carbocycles. The second kappa shape index (κ2) is 6.61. The number of carbonyl (C=O) groups excluding carboxylic acids is 1. The third kappa shape index (κ3) is 3.42. The zero-order valence-corrected chi connectivity index (χ0v) is 12.2. The summed E-state index contributed by atoms with van der Waals surface area (Å²) in [6.07, 6.45) is -0.146. The molecule has 0 amide bonds. The monoisotopic (exact) mass is 279 g/mol. The summed E-state index contributed by atoms with van der Waals surface area (Å²) in [5, 5.41) is 0. The van der Waals surface area contributed by atoms with Gasteiger partial charge in [0.15, 0.2) is 11.5 Å². The summed E-state index contributed by atoms with van der Waals surface area (Å²) < 4.78 is 15.9. The maximum atomic E-state index is 12.1. The standard InChI is InChI=1S/C15H21NO4/c1-4-16(5-2)9-11(3)20-15(17)12-6-7-13-14(8-12)19-10-18-13/h6-8,11H,4-5,9-10H2,1-3H3. The molecule has 0 radical (unpaired) electrons. The summed E-state index contributed by atoms with van der Waals surface area (Å²) in [6.45, 7) is 8.93. The second-order valence-corrected chi connectivity index (χ2v) is 4.77. The lowest BCUT2D eigenvalue weighted by Gasteiger charge is -2.22. The lowest BCUT2D eigenvalue weighted by molar-refractivity contribution is 0.0260. The summed E-state index contributed by atoms with van der Waals surface area (Å²) in [5.74, 6) is 0.927. The Morgan fingerprint density at radius 2 is 2.00 bits per heavy atom. The number of likely N-dealkylation sites (N-methyl/N-ethyl adjacent to an activating group) is 1. The van der Waals surface area contributed by atoms with Crippen molar-refractivity contribution in [2.45, 2.75) is 26.9 Å². The molecule has 20 heavy (non-hydrogen) atoms. The van der Waals surface area contributed by atoms with E-state index in [1.165, 1.54) is 0 Å². The van der Waals surface area contributed by atoms with Gasteiger partial charge in [0, 0.05) is 6.54 Å². The highest BCUT2D eigenvalue weighted by Crippen LogP contribution is 2.32. The molecule has 1 atom stereocenters. The first kappa shape index (κ1) is 14.7. The van der Waals surface area contributed by atoms with Crippen LogP contribution >= 0.6 is 0 Å². The summed E-state index contributed by atoms with van der Waals surface area (Å²) in [5.41, 5.74) is 0.487. The van der Waals surface area contributed by atoms with Crippen molar-refractivity contribution in [3.63, 3.8) is 0 Å². The smallest absolute Gasteiger partial charge is 0.338 e. The van der Waals surface area contributed by atoms with Crippen LogP contribution in [0, 0.1) is 0 Å². The molecule has 110 valence electrons. The first-order valence-corrected chi connectivity index (χ1v) is 6.97. The molecule has 0 saturated heterocycles. The Labute approximate surface area is 119 Å². The molecule has 1 heterocycles. The quantitative estimate of drug-likeness (QED) is 0.748. The third-order valence-corrected chi connectivity index (χ3v) is 3.33. The Kier molecular flexibility index (Phi) is 4.84. The molecule has 0 fully saturated rings. The van der Waals surface area contributed by atoms with Gasteiger partial charge in [-0.1, -0.05) is 13.8 Å². The molecular formula is C15H21NO4. The molecule has 1 aromatic rings. The average Bonchev–Trinajstić information content (AvgIpc) is 2.91. The van der Waals surface area contributed by atoms with E-state index in [2.05, 4.69) is 18.7 Å². The van der Waals surface area contributed by atoms with Crippen molar-refractivity contribution >= 4 is 5.97 Å². The molecule has 1 unspecified atom stereocenters. The number of esters is 1. The summed E-state index contributed by atoms with van der Waals surface area (Å²) in [6, 6.07) is 5.09. The van der Waals surface area contributed by atoms with Gasteiger partial charge in [-0.2, -0.15) is 0 Å². The van der Waals surface area contributed by atoms with Crippen LogP contribution in [0.1, 0.15) is 31.1 Å². The Bertz CT molecular complexity index is 471. The number of rotatable bonds is 6. The zero-order chi connectivity index (χ0) is 14.5. The van der Waals surface area contributed by atoms with Gasteiger partial charge in [0.05, 0.1) is 5.56 Å². The van der Waals surface area contributed by atoms with Gasteiger partial charge in [0.2, 0.25) is 6.79 Å². The van der Waals surface area contributed by atoms with Crippen molar-refractivity contribution < 1.29 is 19.0 Å². The van der Waals surface area contributed by atoms with Crippen molar-refractivity contribution in [3.05, 3.63) is 23.8 Å². The van der Waals surface area contributed by atoms with Crippen LogP contribution in [0.15, 0.2) is 18.2 Å². The molecule has 0 saturated carbocycles. The molecule has 0 bridgehead atoms. The Morgan fingerprint density at radius 1 is 1.30 bits per heavy atom. The van der Waals surface area contributed by atoms with Crippen LogP contribution in [-0.4, -0.2) is 43.4 Å². The maximum absolute atomic E-state index is 12.1. The number of hydrogen-bond donors (Lipinski definition) is 0. The number of benzene rings is 1. The topological polar surface area (TPSA) is 48.0 Å². The van der Waals surface area contributed by atoms with E-state index < -0.39 is 0 Å². The first-order valence-electron chi connectivity index (χ1n) is 6.97. The SMILES string of the molecule is CCN(CC)CC(C)OC(=O)c1ccc2c(c1)OCO2. The highest BCUT2D eigenvalue weighted by Gasteiger charge is 2.19. The van der Waals surface area contributed by atoms with Crippen LogP contribution < -0.4 is 9.47 Å².